The maximum Gasteiger partial charge on any atom is 0.256 e. The van der Waals surface area contributed by atoms with Crippen LogP contribution in [-0.4, -0.2) is 4.57 Å². The topological polar surface area (TPSA) is 8.81 Å². The lowest BCUT2D eigenvalue weighted by Crippen LogP contribution is -3.00. The summed E-state index contributed by atoms with van der Waals surface area (Å²) in [4.78, 5) is 0. The number of imidazole rings is 1. The molecule has 1 aromatic heterocycles. The number of halogens is 1. The van der Waals surface area contributed by atoms with Gasteiger partial charge < -0.3 is 12.4 Å². The van der Waals surface area contributed by atoms with E-state index < -0.39 is 0 Å². The molecule has 1 rings (SSSR count). The van der Waals surface area contributed by atoms with Crippen LogP contribution in [0, 0.1) is 0 Å². The number of unbranched alkanes of at least 4 members (excludes halogenated alkanes) is 11. The van der Waals surface area contributed by atoms with E-state index in [1.807, 2.05) is 0 Å². The monoisotopic (exact) mass is 356 g/mol. The Kier molecular flexibility index (Phi) is 15.7. The zero-order valence-corrected chi connectivity index (χ0v) is 17.3. The second-order valence-electron chi connectivity index (χ2n) is 6.94. The van der Waals surface area contributed by atoms with Gasteiger partial charge in [0, 0.05) is 6.42 Å². The van der Waals surface area contributed by atoms with Crippen LogP contribution in [0.2, 0.25) is 0 Å². The second-order valence-corrected chi connectivity index (χ2v) is 6.94. The molecule has 0 N–H and O–H groups in total. The van der Waals surface area contributed by atoms with Gasteiger partial charge in [-0.25, -0.2) is 9.13 Å². The Morgan fingerprint density at radius 2 is 1.25 bits per heavy atom. The smallest absolute Gasteiger partial charge is 0.256 e. The molecule has 0 aliphatic heterocycles. The van der Waals surface area contributed by atoms with Crippen LogP contribution >= 0.6 is 0 Å². The molecule has 0 saturated carbocycles. The molecule has 0 aliphatic rings. The fourth-order valence-corrected chi connectivity index (χ4v) is 3.52. The Labute approximate surface area is 157 Å². The highest BCUT2D eigenvalue weighted by Crippen LogP contribution is 2.12. The molecule has 24 heavy (non-hydrogen) atoms. The normalized spacial score (nSPS) is 10.8. The van der Waals surface area contributed by atoms with Gasteiger partial charge in [-0.3, -0.25) is 0 Å². The quantitative estimate of drug-likeness (QED) is 0.337. The van der Waals surface area contributed by atoms with Gasteiger partial charge in [-0.05, 0) is 19.8 Å². The van der Waals surface area contributed by atoms with Crippen molar-refractivity contribution < 1.29 is 17.0 Å². The van der Waals surface area contributed by atoms with Crippen molar-refractivity contribution in [1.82, 2.24) is 4.57 Å². The zero-order chi connectivity index (χ0) is 16.8. The van der Waals surface area contributed by atoms with Crippen LogP contribution in [0.15, 0.2) is 12.4 Å². The minimum absolute atomic E-state index is 0. The highest BCUT2D eigenvalue weighted by Gasteiger charge is 2.12. The molecule has 3 heteroatoms. The van der Waals surface area contributed by atoms with E-state index in [0.717, 1.165) is 13.0 Å². The fourth-order valence-electron chi connectivity index (χ4n) is 3.52. The predicted molar refractivity (Wildman–Crippen MR) is 101 cm³/mol. The molecule has 0 atom stereocenters. The van der Waals surface area contributed by atoms with Crippen LogP contribution in [0.5, 0.6) is 0 Å². The average Bonchev–Trinajstić information content (AvgIpc) is 2.97. The number of rotatable bonds is 15. The lowest BCUT2D eigenvalue weighted by atomic mass is 10.1. The predicted octanol–water partition coefficient (Wildman–Crippen LogP) is 3.06. The summed E-state index contributed by atoms with van der Waals surface area (Å²) in [6.07, 6.45) is 22.8. The van der Waals surface area contributed by atoms with Crippen LogP contribution in [-0.2, 0) is 19.5 Å². The second kappa shape index (κ2) is 16.0. The van der Waals surface area contributed by atoms with Crippen molar-refractivity contribution in [2.45, 2.75) is 117 Å². The van der Waals surface area contributed by atoms with E-state index >= 15 is 0 Å². The highest BCUT2D eigenvalue weighted by atomic mass is 35.5. The molecule has 0 unspecified atom stereocenters. The molecule has 0 saturated heterocycles. The number of hydrogen-bond donors (Lipinski definition) is 0. The molecule has 0 bridgehead atoms. The molecule has 142 valence electrons. The molecule has 1 heterocycles. The van der Waals surface area contributed by atoms with E-state index in [-0.39, 0.29) is 12.4 Å². The van der Waals surface area contributed by atoms with Gasteiger partial charge in [-0.2, -0.15) is 0 Å². The molecule has 0 fully saturated rings. The van der Waals surface area contributed by atoms with Crippen LogP contribution in [0.3, 0.4) is 0 Å². The summed E-state index contributed by atoms with van der Waals surface area (Å²) in [7, 11) is 0. The summed E-state index contributed by atoms with van der Waals surface area (Å²) in [5.74, 6) is 1.48. The summed E-state index contributed by atoms with van der Waals surface area (Å²) < 4.78 is 4.83. The summed E-state index contributed by atoms with van der Waals surface area (Å²) in [6, 6.07) is 0. The van der Waals surface area contributed by atoms with Gasteiger partial charge in [0.2, 0.25) is 0 Å². The standard InChI is InChI=1S/C21H41N2.ClH/c1-4-7-8-9-10-11-12-13-14-15-16-17-18-23-20-19-22(6-3)21(23)5-2;/h19-20H,4-18H2,1-3H3;1H/q+1;/p-1. The fraction of sp³-hybridized carbons (Fsp3) is 0.857. The zero-order valence-electron chi connectivity index (χ0n) is 16.5. The summed E-state index contributed by atoms with van der Waals surface area (Å²) in [5, 5.41) is 0. The molecule has 0 aromatic carbocycles. The number of aryl methyl sites for hydroxylation is 2. The maximum atomic E-state index is 2.46. The molecular formula is C21H41ClN2. The summed E-state index contributed by atoms with van der Waals surface area (Å²) in [5.41, 5.74) is 0. The molecule has 0 radical (unpaired) electrons. The third-order valence-corrected chi connectivity index (χ3v) is 5.00. The van der Waals surface area contributed by atoms with E-state index in [1.165, 1.54) is 89.4 Å². The lowest BCUT2D eigenvalue weighted by Gasteiger charge is -2.04. The van der Waals surface area contributed by atoms with Gasteiger partial charge in [0.05, 0.1) is 13.1 Å². The minimum Gasteiger partial charge on any atom is -1.00 e. The molecule has 1 aromatic rings. The van der Waals surface area contributed by atoms with Crippen molar-refractivity contribution in [3.05, 3.63) is 18.2 Å². The van der Waals surface area contributed by atoms with E-state index in [1.54, 1.807) is 0 Å². The van der Waals surface area contributed by atoms with E-state index in [4.69, 9.17) is 0 Å². The van der Waals surface area contributed by atoms with Crippen molar-refractivity contribution in [1.29, 1.82) is 0 Å². The maximum absolute atomic E-state index is 2.46. The molecule has 2 nitrogen and oxygen atoms in total. The van der Waals surface area contributed by atoms with Crippen LogP contribution in [0.25, 0.3) is 0 Å². The first-order chi connectivity index (χ1) is 11.3. The van der Waals surface area contributed by atoms with Crippen molar-refractivity contribution >= 4 is 0 Å². The van der Waals surface area contributed by atoms with E-state index in [9.17, 15) is 0 Å². The van der Waals surface area contributed by atoms with Gasteiger partial charge in [0.15, 0.2) is 0 Å². The number of aromatic nitrogens is 2. The SMILES string of the molecule is CCCCCCCCCCCCCC[n+]1ccn(CC)c1CC.[Cl-]. The summed E-state index contributed by atoms with van der Waals surface area (Å²) >= 11 is 0. The first-order valence-corrected chi connectivity index (χ1v) is 10.4. The van der Waals surface area contributed by atoms with Crippen LogP contribution in [0.1, 0.15) is 104 Å². The third-order valence-electron chi connectivity index (χ3n) is 5.00. The van der Waals surface area contributed by atoms with Gasteiger partial charge in [0.25, 0.3) is 5.82 Å². The Morgan fingerprint density at radius 3 is 1.71 bits per heavy atom. The highest BCUT2D eigenvalue weighted by molar-refractivity contribution is 4.82. The number of hydrogen-bond acceptors (Lipinski definition) is 0. The Balaban J connectivity index is 0.00000529. The van der Waals surface area contributed by atoms with E-state index in [2.05, 4.69) is 42.3 Å². The molecular weight excluding hydrogens is 316 g/mol. The van der Waals surface area contributed by atoms with Crippen molar-refractivity contribution in [3.63, 3.8) is 0 Å². The van der Waals surface area contributed by atoms with E-state index in [0.29, 0.717) is 0 Å². The number of nitrogens with zero attached hydrogens (tertiary/aromatic N) is 2. The van der Waals surface area contributed by atoms with Gasteiger partial charge >= 0.3 is 0 Å². The Hall–Kier alpha value is -0.500. The summed E-state index contributed by atoms with van der Waals surface area (Å²) in [6.45, 7) is 9.08. The van der Waals surface area contributed by atoms with Gasteiger partial charge in [-0.15, -0.1) is 0 Å². The molecule has 0 spiro atoms. The van der Waals surface area contributed by atoms with Crippen LogP contribution in [0.4, 0.5) is 0 Å². The average molecular weight is 357 g/mol. The third kappa shape index (κ3) is 9.71. The van der Waals surface area contributed by atoms with Crippen molar-refractivity contribution in [2.75, 3.05) is 0 Å². The minimum atomic E-state index is 0. The Morgan fingerprint density at radius 1 is 0.750 bits per heavy atom. The largest absolute Gasteiger partial charge is 1.00 e. The molecule has 0 amide bonds. The lowest BCUT2D eigenvalue weighted by molar-refractivity contribution is -0.704. The van der Waals surface area contributed by atoms with Crippen molar-refractivity contribution in [3.8, 4) is 0 Å². The van der Waals surface area contributed by atoms with Gasteiger partial charge in [-0.1, -0.05) is 78.1 Å². The van der Waals surface area contributed by atoms with Crippen molar-refractivity contribution in [2.24, 2.45) is 0 Å². The first kappa shape index (κ1) is 23.5. The Bertz CT molecular complexity index is 387. The van der Waals surface area contributed by atoms with Crippen LogP contribution < -0.4 is 17.0 Å². The molecule has 0 aliphatic carbocycles. The first-order valence-electron chi connectivity index (χ1n) is 10.4. The van der Waals surface area contributed by atoms with Gasteiger partial charge in [0.1, 0.15) is 12.4 Å².